The fraction of sp³-hybridized carbons (Fsp3) is 0.150. The second-order valence-corrected chi connectivity index (χ2v) is 5.65. The number of hydrogen-bond donors (Lipinski definition) is 2. The molecule has 0 amide bonds. The van der Waals surface area contributed by atoms with Gasteiger partial charge in [-0.2, -0.15) is 0 Å². The monoisotopic (exact) mass is 303 g/mol. The van der Waals surface area contributed by atoms with Gasteiger partial charge in [-0.05, 0) is 41.8 Å². The van der Waals surface area contributed by atoms with E-state index in [2.05, 4.69) is 59.7 Å². The molecule has 3 rings (SSSR count). The summed E-state index contributed by atoms with van der Waals surface area (Å²) in [4.78, 5) is 4.43. The minimum absolute atomic E-state index is 0.453. The molecule has 3 aromatic carbocycles. The molecule has 0 saturated carbocycles. The van der Waals surface area contributed by atoms with Crippen LogP contribution < -0.4 is 11.1 Å². The van der Waals surface area contributed by atoms with Crippen molar-refractivity contribution in [3.8, 4) is 0 Å². The Balaban J connectivity index is 1.64. The van der Waals surface area contributed by atoms with Gasteiger partial charge in [0.05, 0.1) is 0 Å². The molecule has 0 aliphatic rings. The summed E-state index contributed by atoms with van der Waals surface area (Å²) in [7, 11) is 0. The Morgan fingerprint density at radius 3 is 2.52 bits per heavy atom. The maximum atomic E-state index is 5.96. The molecule has 3 nitrogen and oxygen atoms in total. The number of nitrogens with zero attached hydrogens (tertiary/aromatic N) is 1. The number of rotatable bonds is 4. The molecule has 0 heterocycles. The van der Waals surface area contributed by atoms with Crippen LogP contribution in [0.2, 0.25) is 0 Å². The number of hydrogen-bond acceptors (Lipinski definition) is 1. The molecular weight excluding hydrogens is 282 g/mol. The van der Waals surface area contributed by atoms with Gasteiger partial charge < -0.3 is 11.1 Å². The van der Waals surface area contributed by atoms with Gasteiger partial charge in [0.2, 0.25) is 0 Å². The summed E-state index contributed by atoms with van der Waals surface area (Å²) in [6.07, 6.45) is 0.873. The third kappa shape index (κ3) is 3.89. The molecule has 0 fully saturated rings. The van der Waals surface area contributed by atoms with Gasteiger partial charge in [0.25, 0.3) is 0 Å². The Labute approximate surface area is 136 Å². The average Bonchev–Trinajstić information content (AvgIpc) is 2.57. The lowest BCUT2D eigenvalue weighted by molar-refractivity contribution is 0.973. The number of aryl methyl sites for hydroxylation is 1. The van der Waals surface area contributed by atoms with E-state index in [-0.39, 0.29) is 0 Å². The first-order chi connectivity index (χ1) is 11.2. The summed E-state index contributed by atoms with van der Waals surface area (Å²) < 4.78 is 0. The van der Waals surface area contributed by atoms with Crippen molar-refractivity contribution in [2.24, 2.45) is 10.7 Å². The number of nitrogens with two attached hydrogens (primary N) is 1. The Kier molecular flexibility index (Phi) is 4.57. The van der Waals surface area contributed by atoms with Crippen LogP contribution in [0, 0.1) is 6.92 Å². The first-order valence-electron chi connectivity index (χ1n) is 7.82. The van der Waals surface area contributed by atoms with Crippen molar-refractivity contribution in [3.63, 3.8) is 0 Å². The first kappa shape index (κ1) is 15.1. The van der Waals surface area contributed by atoms with E-state index in [0.29, 0.717) is 12.5 Å². The van der Waals surface area contributed by atoms with E-state index < -0.39 is 0 Å². The van der Waals surface area contributed by atoms with E-state index in [1.165, 1.54) is 21.9 Å². The lowest BCUT2D eigenvalue weighted by Crippen LogP contribution is -2.23. The Hall–Kier alpha value is -2.81. The molecule has 0 aromatic heterocycles. The summed E-state index contributed by atoms with van der Waals surface area (Å²) in [6.45, 7) is 2.73. The third-order valence-electron chi connectivity index (χ3n) is 3.87. The van der Waals surface area contributed by atoms with Crippen LogP contribution in [0.25, 0.3) is 10.8 Å². The summed E-state index contributed by atoms with van der Waals surface area (Å²) in [5.74, 6) is 0.453. The van der Waals surface area contributed by atoms with Gasteiger partial charge in [0, 0.05) is 12.2 Å². The van der Waals surface area contributed by atoms with Crippen LogP contribution in [0.3, 0.4) is 0 Å². The van der Waals surface area contributed by atoms with Gasteiger partial charge in [0.1, 0.15) is 0 Å². The number of nitrogens with one attached hydrogen (secondary N) is 1. The summed E-state index contributed by atoms with van der Waals surface area (Å²) in [5.41, 5.74) is 9.44. The smallest absolute Gasteiger partial charge is 0.193 e. The zero-order valence-electron chi connectivity index (χ0n) is 13.3. The maximum Gasteiger partial charge on any atom is 0.193 e. The summed E-state index contributed by atoms with van der Waals surface area (Å²) in [6, 6.07) is 22.9. The van der Waals surface area contributed by atoms with Crippen LogP contribution in [-0.4, -0.2) is 12.5 Å². The minimum Gasteiger partial charge on any atom is -0.370 e. The van der Waals surface area contributed by atoms with Gasteiger partial charge in [-0.1, -0.05) is 60.2 Å². The molecule has 0 aliphatic carbocycles. The van der Waals surface area contributed by atoms with Gasteiger partial charge in [-0.15, -0.1) is 0 Å². The van der Waals surface area contributed by atoms with E-state index in [9.17, 15) is 0 Å². The van der Waals surface area contributed by atoms with Crippen LogP contribution in [0.1, 0.15) is 11.1 Å². The molecule has 0 aliphatic heterocycles. The topological polar surface area (TPSA) is 50.4 Å². The zero-order valence-corrected chi connectivity index (χ0v) is 13.3. The highest BCUT2D eigenvalue weighted by atomic mass is 15.1. The lowest BCUT2D eigenvalue weighted by atomic mass is 10.0. The van der Waals surface area contributed by atoms with Crippen molar-refractivity contribution >= 4 is 22.4 Å². The van der Waals surface area contributed by atoms with Crippen molar-refractivity contribution in [2.75, 3.05) is 11.9 Å². The SMILES string of the molecule is Cc1ccc(NC(N)=NCCc2cccc3ccccc23)cc1. The maximum absolute atomic E-state index is 5.96. The minimum atomic E-state index is 0.453. The van der Waals surface area contributed by atoms with Crippen LogP contribution in [0.15, 0.2) is 71.7 Å². The molecule has 116 valence electrons. The molecule has 3 N–H and O–H groups in total. The second-order valence-electron chi connectivity index (χ2n) is 5.65. The van der Waals surface area contributed by atoms with Gasteiger partial charge in [-0.25, -0.2) is 0 Å². The predicted molar refractivity (Wildman–Crippen MR) is 98.9 cm³/mol. The number of benzene rings is 3. The van der Waals surface area contributed by atoms with E-state index >= 15 is 0 Å². The van der Waals surface area contributed by atoms with Crippen LogP contribution in [-0.2, 0) is 6.42 Å². The van der Waals surface area contributed by atoms with Crippen molar-refractivity contribution in [3.05, 3.63) is 77.9 Å². The van der Waals surface area contributed by atoms with E-state index in [1.807, 2.05) is 24.3 Å². The van der Waals surface area contributed by atoms with Gasteiger partial charge >= 0.3 is 0 Å². The molecule has 3 heteroatoms. The Bertz CT molecular complexity index is 814. The Morgan fingerprint density at radius 1 is 0.957 bits per heavy atom. The van der Waals surface area contributed by atoms with Gasteiger partial charge in [0.15, 0.2) is 5.96 Å². The highest BCUT2D eigenvalue weighted by Gasteiger charge is 2.00. The van der Waals surface area contributed by atoms with Gasteiger partial charge in [-0.3, -0.25) is 4.99 Å². The molecule has 0 unspecified atom stereocenters. The zero-order chi connectivity index (χ0) is 16.1. The third-order valence-corrected chi connectivity index (χ3v) is 3.87. The van der Waals surface area contributed by atoms with Crippen LogP contribution in [0.4, 0.5) is 5.69 Å². The van der Waals surface area contributed by atoms with E-state index in [4.69, 9.17) is 5.73 Å². The molecule has 0 bridgehead atoms. The number of anilines is 1. The highest BCUT2D eigenvalue weighted by molar-refractivity contribution is 5.92. The Morgan fingerprint density at radius 2 is 1.70 bits per heavy atom. The normalized spacial score (nSPS) is 11.6. The average molecular weight is 303 g/mol. The summed E-state index contributed by atoms with van der Waals surface area (Å²) in [5, 5.41) is 5.67. The number of fused-ring (bicyclic) bond motifs is 1. The second kappa shape index (κ2) is 6.97. The number of aliphatic imine (C=N–C) groups is 1. The molecule has 0 atom stereocenters. The molecule has 3 aromatic rings. The molecule has 23 heavy (non-hydrogen) atoms. The first-order valence-corrected chi connectivity index (χ1v) is 7.82. The fourth-order valence-electron chi connectivity index (χ4n) is 2.63. The standard InChI is InChI=1S/C20H21N3/c1-15-9-11-18(12-10-15)23-20(21)22-14-13-17-7-4-6-16-5-2-3-8-19(16)17/h2-12H,13-14H2,1H3,(H3,21,22,23). The van der Waals surface area contributed by atoms with Crippen molar-refractivity contribution < 1.29 is 0 Å². The lowest BCUT2D eigenvalue weighted by Gasteiger charge is -2.07. The van der Waals surface area contributed by atoms with Crippen molar-refractivity contribution in [2.45, 2.75) is 13.3 Å². The van der Waals surface area contributed by atoms with Crippen LogP contribution in [0.5, 0.6) is 0 Å². The van der Waals surface area contributed by atoms with Crippen LogP contribution >= 0.6 is 0 Å². The highest BCUT2D eigenvalue weighted by Crippen LogP contribution is 2.18. The molecule has 0 radical (unpaired) electrons. The molecule has 0 saturated heterocycles. The largest absolute Gasteiger partial charge is 0.370 e. The van der Waals surface area contributed by atoms with E-state index in [0.717, 1.165) is 12.1 Å². The number of guanidine groups is 1. The summed E-state index contributed by atoms with van der Waals surface area (Å²) >= 11 is 0. The molecular formula is C20H21N3. The van der Waals surface area contributed by atoms with E-state index in [1.54, 1.807) is 0 Å². The fourth-order valence-corrected chi connectivity index (χ4v) is 2.63. The predicted octanol–water partition coefficient (Wildman–Crippen LogP) is 4.12. The quantitative estimate of drug-likeness (QED) is 0.563. The van der Waals surface area contributed by atoms with Crippen molar-refractivity contribution in [1.82, 2.24) is 0 Å². The van der Waals surface area contributed by atoms with Crippen molar-refractivity contribution in [1.29, 1.82) is 0 Å². The molecule has 0 spiro atoms.